The van der Waals surface area contributed by atoms with E-state index in [0.717, 1.165) is 5.56 Å². The fraction of sp³-hybridized carbons (Fsp3) is 0.588. The minimum absolute atomic E-state index is 0.187. The van der Waals surface area contributed by atoms with Gasteiger partial charge in [0.2, 0.25) is 5.91 Å². The van der Waals surface area contributed by atoms with E-state index in [4.69, 9.17) is 4.74 Å². The average Bonchev–Trinajstić information content (AvgIpc) is 2.48. The van der Waals surface area contributed by atoms with Crippen molar-refractivity contribution in [3.8, 4) is 5.75 Å². The Morgan fingerprint density at radius 2 is 1.79 bits per heavy atom. The number of aliphatic hydroxyl groups is 1. The first-order chi connectivity index (χ1) is 11.0. The number of sulfone groups is 1. The Kier molecular flexibility index (Phi) is 4.97. The number of nitrogens with zero attached hydrogens (tertiary/aromatic N) is 1. The van der Waals surface area contributed by atoms with E-state index in [-0.39, 0.29) is 12.5 Å². The highest BCUT2D eigenvalue weighted by molar-refractivity contribution is 7.93. The molecule has 24 heavy (non-hydrogen) atoms. The maximum absolute atomic E-state index is 12.9. The van der Waals surface area contributed by atoms with Gasteiger partial charge in [0, 0.05) is 6.54 Å². The Morgan fingerprint density at radius 3 is 2.21 bits per heavy atom. The highest BCUT2D eigenvalue weighted by atomic mass is 32.2. The summed E-state index contributed by atoms with van der Waals surface area (Å²) in [6.07, 6.45) is -1.01. The van der Waals surface area contributed by atoms with Crippen LogP contribution in [0.25, 0.3) is 0 Å². The third kappa shape index (κ3) is 3.15. The van der Waals surface area contributed by atoms with Crippen molar-refractivity contribution < 1.29 is 23.1 Å². The molecule has 1 heterocycles. The Labute approximate surface area is 143 Å². The van der Waals surface area contributed by atoms with Crippen molar-refractivity contribution in [2.75, 3.05) is 7.11 Å². The Morgan fingerprint density at radius 1 is 1.25 bits per heavy atom. The number of carbonyl (C=O) groups is 1. The number of amides is 1. The third-order valence-corrected chi connectivity index (χ3v) is 7.28. The van der Waals surface area contributed by atoms with E-state index < -0.39 is 32.0 Å². The number of aliphatic hydroxyl groups excluding tert-OH is 1. The number of hydrogen-bond donors (Lipinski definition) is 1. The van der Waals surface area contributed by atoms with Crippen LogP contribution in [-0.4, -0.2) is 47.7 Å². The summed E-state index contributed by atoms with van der Waals surface area (Å²) in [5, 5.41) is 8.86. The van der Waals surface area contributed by atoms with Gasteiger partial charge in [0.25, 0.3) is 0 Å². The molecule has 0 bridgehead atoms. The molecule has 3 atom stereocenters. The lowest BCUT2D eigenvalue weighted by Gasteiger charge is -2.49. The average molecular weight is 355 g/mol. The lowest BCUT2D eigenvalue weighted by atomic mass is 9.92. The second-order valence-corrected chi connectivity index (χ2v) is 9.93. The number of hydrogen-bond acceptors (Lipinski definition) is 5. The Balaban J connectivity index is 2.31. The SMILES string of the molecule is COc1ccc(CN2C(=O)C([C@@H](C)O)C2S(=O)(=O)C(C)(C)C)cc1. The molecule has 1 aliphatic rings. The van der Waals surface area contributed by atoms with Crippen LogP contribution in [0.3, 0.4) is 0 Å². The molecule has 134 valence electrons. The number of carbonyl (C=O) groups excluding carboxylic acids is 1. The van der Waals surface area contributed by atoms with Crippen LogP contribution in [-0.2, 0) is 21.2 Å². The molecule has 1 amide bonds. The van der Waals surface area contributed by atoms with E-state index >= 15 is 0 Å². The molecule has 0 aromatic heterocycles. The number of β-lactam (4-membered cyclic amide) rings is 1. The van der Waals surface area contributed by atoms with Crippen molar-refractivity contribution in [3.63, 3.8) is 0 Å². The zero-order valence-corrected chi connectivity index (χ0v) is 15.5. The summed E-state index contributed by atoms with van der Waals surface area (Å²) in [6, 6.07) is 7.11. The van der Waals surface area contributed by atoms with Gasteiger partial charge in [-0.25, -0.2) is 8.42 Å². The lowest BCUT2D eigenvalue weighted by molar-refractivity contribution is -0.158. The van der Waals surface area contributed by atoms with Gasteiger partial charge in [0.15, 0.2) is 9.84 Å². The molecule has 1 aromatic carbocycles. The topological polar surface area (TPSA) is 83.9 Å². The Bertz CT molecular complexity index is 703. The highest BCUT2D eigenvalue weighted by Gasteiger charge is 2.58. The number of ether oxygens (including phenoxy) is 1. The molecule has 0 aliphatic carbocycles. The van der Waals surface area contributed by atoms with Crippen LogP contribution >= 0.6 is 0 Å². The van der Waals surface area contributed by atoms with Crippen LogP contribution in [0.15, 0.2) is 24.3 Å². The summed E-state index contributed by atoms with van der Waals surface area (Å²) in [4.78, 5) is 13.7. The zero-order chi connectivity index (χ0) is 18.3. The minimum atomic E-state index is -3.63. The molecule has 1 N–H and O–H groups in total. The third-order valence-electron chi connectivity index (χ3n) is 4.39. The van der Waals surface area contributed by atoms with Crippen molar-refractivity contribution in [2.45, 2.75) is 50.5 Å². The van der Waals surface area contributed by atoms with Crippen molar-refractivity contribution in [1.82, 2.24) is 4.90 Å². The molecule has 2 rings (SSSR count). The van der Waals surface area contributed by atoms with Crippen molar-refractivity contribution in [3.05, 3.63) is 29.8 Å². The first-order valence-electron chi connectivity index (χ1n) is 7.85. The fourth-order valence-corrected chi connectivity index (χ4v) is 4.78. The molecular weight excluding hydrogens is 330 g/mol. The van der Waals surface area contributed by atoms with Gasteiger partial charge in [0.1, 0.15) is 11.1 Å². The lowest BCUT2D eigenvalue weighted by Crippen LogP contribution is -2.68. The van der Waals surface area contributed by atoms with E-state index in [0.29, 0.717) is 5.75 Å². The fourth-order valence-electron chi connectivity index (χ4n) is 2.81. The van der Waals surface area contributed by atoms with Crippen LogP contribution in [0.1, 0.15) is 33.3 Å². The predicted octanol–water partition coefficient (Wildman–Crippen LogP) is 1.57. The van der Waals surface area contributed by atoms with Crippen LogP contribution in [0.5, 0.6) is 5.75 Å². The summed E-state index contributed by atoms with van der Waals surface area (Å²) < 4.78 is 29.8. The van der Waals surface area contributed by atoms with Crippen LogP contribution in [0, 0.1) is 5.92 Å². The number of rotatable bonds is 5. The quantitative estimate of drug-likeness (QED) is 0.811. The van der Waals surface area contributed by atoms with E-state index in [9.17, 15) is 18.3 Å². The van der Waals surface area contributed by atoms with Gasteiger partial charge in [-0.1, -0.05) is 12.1 Å². The van der Waals surface area contributed by atoms with Gasteiger partial charge >= 0.3 is 0 Å². The van der Waals surface area contributed by atoms with Gasteiger partial charge in [-0.2, -0.15) is 0 Å². The minimum Gasteiger partial charge on any atom is -0.497 e. The summed E-state index contributed by atoms with van der Waals surface area (Å²) in [5.41, 5.74) is 0.808. The van der Waals surface area contributed by atoms with Crippen LogP contribution in [0.4, 0.5) is 0 Å². The van der Waals surface area contributed by atoms with E-state index in [1.165, 1.54) is 11.8 Å². The molecule has 1 aromatic rings. The largest absolute Gasteiger partial charge is 0.497 e. The molecule has 1 saturated heterocycles. The van der Waals surface area contributed by atoms with Crippen molar-refractivity contribution in [1.29, 1.82) is 0 Å². The first kappa shape index (κ1) is 18.7. The maximum Gasteiger partial charge on any atom is 0.232 e. The normalized spacial score (nSPS) is 22.9. The highest BCUT2D eigenvalue weighted by Crippen LogP contribution is 2.39. The molecule has 6 nitrogen and oxygen atoms in total. The number of benzene rings is 1. The van der Waals surface area contributed by atoms with Gasteiger partial charge in [-0.15, -0.1) is 0 Å². The molecule has 0 saturated carbocycles. The zero-order valence-electron chi connectivity index (χ0n) is 14.7. The first-order valence-corrected chi connectivity index (χ1v) is 9.40. The van der Waals surface area contributed by atoms with Crippen LogP contribution < -0.4 is 4.74 Å². The molecular formula is C17H25NO5S. The summed E-state index contributed by atoms with van der Waals surface area (Å²) >= 11 is 0. The smallest absolute Gasteiger partial charge is 0.232 e. The molecule has 1 aliphatic heterocycles. The number of likely N-dealkylation sites (tertiary alicyclic amines) is 1. The predicted molar refractivity (Wildman–Crippen MR) is 91.2 cm³/mol. The van der Waals surface area contributed by atoms with Gasteiger partial charge in [-0.05, 0) is 45.4 Å². The molecule has 7 heteroatoms. The second kappa shape index (κ2) is 6.37. The summed E-state index contributed by atoms with van der Waals surface area (Å²) in [6.45, 7) is 6.46. The second-order valence-electron chi connectivity index (χ2n) is 7.13. The van der Waals surface area contributed by atoms with Crippen molar-refractivity contribution in [2.24, 2.45) is 5.92 Å². The van der Waals surface area contributed by atoms with E-state index in [2.05, 4.69) is 0 Å². The van der Waals surface area contributed by atoms with Crippen molar-refractivity contribution >= 4 is 15.7 Å². The molecule has 2 unspecified atom stereocenters. The van der Waals surface area contributed by atoms with E-state index in [1.54, 1.807) is 52.1 Å². The monoisotopic (exact) mass is 355 g/mol. The van der Waals surface area contributed by atoms with Gasteiger partial charge < -0.3 is 14.7 Å². The van der Waals surface area contributed by atoms with E-state index in [1.807, 2.05) is 0 Å². The van der Waals surface area contributed by atoms with Gasteiger partial charge in [0.05, 0.1) is 23.9 Å². The van der Waals surface area contributed by atoms with Crippen LogP contribution in [0.2, 0.25) is 0 Å². The maximum atomic E-state index is 12.9. The molecule has 0 spiro atoms. The standard InChI is InChI=1S/C17H25NO5S/c1-11(19)14-15(20)18(16(14)24(21,22)17(2,3)4)10-12-6-8-13(23-5)9-7-12/h6-9,11,14,16,19H,10H2,1-5H3/t11-,14?,16?/m1/s1. The van der Waals surface area contributed by atoms with Gasteiger partial charge in [-0.3, -0.25) is 4.79 Å². The number of methoxy groups -OCH3 is 1. The Hall–Kier alpha value is -1.60. The summed E-state index contributed by atoms with van der Waals surface area (Å²) in [7, 11) is -2.07. The summed E-state index contributed by atoms with van der Waals surface area (Å²) in [5.74, 6) is -0.555. The molecule has 0 radical (unpaired) electrons. The molecule has 1 fully saturated rings.